The Balaban J connectivity index is 2.51. The fourth-order valence-electron chi connectivity index (χ4n) is 1.92. The molecule has 1 amide bonds. The number of sulfonamides is 1. The number of nitrogens with two attached hydrogens (primary N) is 1. The van der Waals surface area contributed by atoms with Gasteiger partial charge in [0.15, 0.2) is 0 Å². The number of primary amides is 1. The molecule has 7 nitrogen and oxygen atoms in total. The molecular formula is C10H21N3O4S. The van der Waals surface area contributed by atoms with Gasteiger partial charge in [-0.1, -0.05) is 0 Å². The van der Waals surface area contributed by atoms with Gasteiger partial charge < -0.3 is 10.5 Å². The Hall–Kier alpha value is -0.700. The molecule has 1 unspecified atom stereocenters. The maximum atomic E-state index is 11.7. The minimum atomic E-state index is -3.17. The number of hydrogen-bond donors (Lipinski definition) is 1. The maximum Gasteiger partial charge on any atom is 0.231 e. The summed E-state index contributed by atoms with van der Waals surface area (Å²) >= 11 is 0. The van der Waals surface area contributed by atoms with Crippen LogP contribution in [0.2, 0.25) is 0 Å². The van der Waals surface area contributed by atoms with Gasteiger partial charge in [0.25, 0.3) is 0 Å². The second kappa shape index (κ2) is 6.46. The van der Waals surface area contributed by atoms with Crippen molar-refractivity contribution >= 4 is 15.9 Å². The molecule has 1 heterocycles. The molecule has 0 saturated carbocycles. The number of likely N-dealkylation sites (N-methyl/N-ethyl adjacent to an activating group) is 1. The van der Waals surface area contributed by atoms with Gasteiger partial charge in [-0.2, -0.15) is 4.31 Å². The highest BCUT2D eigenvalue weighted by molar-refractivity contribution is 7.89. The van der Waals surface area contributed by atoms with Crippen LogP contribution in [-0.2, 0) is 19.6 Å². The summed E-state index contributed by atoms with van der Waals surface area (Å²) in [6.45, 7) is 3.36. The number of rotatable bonds is 6. The summed E-state index contributed by atoms with van der Waals surface area (Å²) in [5, 5.41) is 0. The van der Waals surface area contributed by atoms with Gasteiger partial charge >= 0.3 is 0 Å². The fraction of sp³-hybridized carbons (Fsp3) is 0.900. The number of morpholine rings is 1. The highest BCUT2D eigenvalue weighted by Crippen LogP contribution is 2.11. The summed E-state index contributed by atoms with van der Waals surface area (Å²) in [5.41, 5.74) is 5.09. The molecule has 1 aliphatic heterocycles. The van der Waals surface area contributed by atoms with Crippen molar-refractivity contribution in [2.75, 3.05) is 45.6 Å². The van der Waals surface area contributed by atoms with E-state index < -0.39 is 15.9 Å². The third kappa shape index (κ3) is 4.52. The largest absolute Gasteiger partial charge is 0.374 e. The molecule has 0 bridgehead atoms. The summed E-state index contributed by atoms with van der Waals surface area (Å²) in [5.74, 6) is -0.317. The van der Waals surface area contributed by atoms with Crippen molar-refractivity contribution in [3.63, 3.8) is 0 Å². The first-order chi connectivity index (χ1) is 8.35. The van der Waals surface area contributed by atoms with Gasteiger partial charge in [0.05, 0.1) is 25.0 Å². The first kappa shape index (κ1) is 15.4. The van der Waals surface area contributed by atoms with E-state index in [0.717, 1.165) is 0 Å². The van der Waals surface area contributed by atoms with Crippen molar-refractivity contribution in [2.45, 2.75) is 13.0 Å². The number of ether oxygens (including phenoxy) is 1. The van der Waals surface area contributed by atoms with Crippen molar-refractivity contribution < 1.29 is 17.9 Å². The predicted molar refractivity (Wildman–Crippen MR) is 67.5 cm³/mol. The Kier molecular flexibility index (Phi) is 5.51. The van der Waals surface area contributed by atoms with E-state index in [1.807, 2.05) is 0 Å². The van der Waals surface area contributed by atoms with E-state index >= 15 is 0 Å². The van der Waals surface area contributed by atoms with Gasteiger partial charge in [-0.25, -0.2) is 8.42 Å². The SMILES string of the molecule is CCS(=O)(=O)N1CCOC(CN(C)CC(N)=O)C1. The molecular weight excluding hydrogens is 258 g/mol. The molecule has 1 saturated heterocycles. The van der Waals surface area contributed by atoms with E-state index in [-0.39, 0.29) is 18.4 Å². The zero-order valence-corrected chi connectivity index (χ0v) is 11.6. The predicted octanol–water partition coefficient (Wildman–Crippen LogP) is -1.55. The van der Waals surface area contributed by atoms with Gasteiger partial charge in [0, 0.05) is 19.6 Å². The van der Waals surface area contributed by atoms with Crippen LogP contribution in [-0.4, -0.2) is 75.2 Å². The number of amides is 1. The maximum absolute atomic E-state index is 11.7. The molecule has 1 atom stereocenters. The average molecular weight is 279 g/mol. The zero-order valence-electron chi connectivity index (χ0n) is 10.8. The first-order valence-electron chi connectivity index (χ1n) is 5.91. The quantitative estimate of drug-likeness (QED) is 0.635. The van der Waals surface area contributed by atoms with Crippen molar-refractivity contribution in [3.05, 3.63) is 0 Å². The lowest BCUT2D eigenvalue weighted by atomic mass is 10.3. The van der Waals surface area contributed by atoms with Crippen LogP contribution < -0.4 is 5.73 Å². The number of hydrogen-bond acceptors (Lipinski definition) is 5. The number of carbonyl (C=O) groups excluding carboxylic acids is 1. The summed E-state index contributed by atoms with van der Waals surface area (Å²) in [6.07, 6.45) is -0.218. The summed E-state index contributed by atoms with van der Waals surface area (Å²) < 4.78 is 30.4. The molecule has 1 fully saturated rings. The molecule has 0 aromatic heterocycles. The number of carbonyl (C=O) groups is 1. The first-order valence-corrected chi connectivity index (χ1v) is 7.52. The molecule has 0 aromatic rings. The molecule has 0 aromatic carbocycles. The Morgan fingerprint density at radius 1 is 1.56 bits per heavy atom. The van der Waals surface area contributed by atoms with Gasteiger partial charge in [-0.05, 0) is 14.0 Å². The van der Waals surface area contributed by atoms with Crippen LogP contribution in [0.5, 0.6) is 0 Å². The topological polar surface area (TPSA) is 92.9 Å². The lowest BCUT2D eigenvalue weighted by Crippen LogP contribution is -2.50. The highest BCUT2D eigenvalue weighted by Gasteiger charge is 2.28. The zero-order chi connectivity index (χ0) is 13.8. The summed E-state index contributed by atoms with van der Waals surface area (Å²) in [6, 6.07) is 0. The molecule has 18 heavy (non-hydrogen) atoms. The molecule has 0 aliphatic carbocycles. The molecule has 0 radical (unpaired) electrons. The highest BCUT2D eigenvalue weighted by atomic mass is 32.2. The van der Waals surface area contributed by atoms with Crippen LogP contribution in [0.1, 0.15) is 6.92 Å². The lowest BCUT2D eigenvalue weighted by molar-refractivity contribution is -0.119. The summed E-state index contributed by atoms with van der Waals surface area (Å²) in [7, 11) is -1.42. The van der Waals surface area contributed by atoms with Gasteiger partial charge in [-0.15, -0.1) is 0 Å². The average Bonchev–Trinajstić information content (AvgIpc) is 2.28. The second-order valence-corrected chi connectivity index (χ2v) is 6.67. The van der Waals surface area contributed by atoms with Crippen molar-refractivity contribution in [3.8, 4) is 0 Å². The minimum Gasteiger partial charge on any atom is -0.374 e. The van der Waals surface area contributed by atoms with Gasteiger partial charge in [-0.3, -0.25) is 9.69 Å². The van der Waals surface area contributed by atoms with E-state index in [1.165, 1.54) is 4.31 Å². The standard InChI is InChI=1S/C10H21N3O4S/c1-3-18(15,16)13-4-5-17-9(7-13)6-12(2)8-10(11)14/h9H,3-8H2,1-2H3,(H2,11,14). The summed E-state index contributed by atoms with van der Waals surface area (Å²) in [4.78, 5) is 12.5. The minimum absolute atomic E-state index is 0.0941. The van der Waals surface area contributed by atoms with E-state index in [4.69, 9.17) is 10.5 Å². The Labute approximate surface area is 108 Å². The molecule has 106 valence electrons. The smallest absolute Gasteiger partial charge is 0.231 e. The van der Waals surface area contributed by atoms with E-state index in [2.05, 4.69) is 0 Å². The van der Waals surface area contributed by atoms with Crippen molar-refractivity contribution in [1.82, 2.24) is 9.21 Å². The van der Waals surface area contributed by atoms with Crippen molar-refractivity contribution in [2.24, 2.45) is 5.73 Å². The third-order valence-electron chi connectivity index (χ3n) is 2.80. The third-order valence-corrected chi connectivity index (χ3v) is 4.65. The van der Waals surface area contributed by atoms with Crippen LogP contribution >= 0.6 is 0 Å². The van der Waals surface area contributed by atoms with Crippen LogP contribution in [0.3, 0.4) is 0 Å². The normalized spacial score (nSPS) is 22.3. The Morgan fingerprint density at radius 2 is 2.22 bits per heavy atom. The van der Waals surface area contributed by atoms with E-state index in [9.17, 15) is 13.2 Å². The van der Waals surface area contributed by atoms with Crippen LogP contribution in [0.25, 0.3) is 0 Å². The van der Waals surface area contributed by atoms with Gasteiger partial charge in [0.1, 0.15) is 0 Å². The molecule has 1 rings (SSSR count). The molecule has 8 heteroatoms. The monoisotopic (exact) mass is 279 g/mol. The second-order valence-electron chi connectivity index (χ2n) is 4.41. The molecule has 2 N–H and O–H groups in total. The van der Waals surface area contributed by atoms with E-state index in [1.54, 1.807) is 18.9 Å². The Morgan fingerprint density at radius 3 is 2.78 bits per heavy atom. The molecule has 1 aliphatic rings. The van der Waals surface area contributed by atoms with Crippen LogP contribution in [0, 0.1) is 0 Å². The van der Waals surface area contributed by atoms with E-state index in [0.29, 0.717) is 26.2 Å². The fourth-order valence-corrected chi connectivity index (χ4v) is 3.03. The van der Waals surface area contributed by atoms with Gasteiger partial charge in [0.2, 0.25) is 15.9 Å². The lowest BCUT2D eigenvalue weighted by Gasteiger charge is -2.33. The van der Waals surface area contributed by atoms with Crippen LogP contribution in [0.15, 0.2) is 0 Å². The molecule has 0 spiro atoms. The van der Waals surface area contributed by atoms with Crippen molar-refractivity contribution in [1.29, 1.82) is 0 Å². The number of nitrogens with zero attached hydrogens (tertiary/aromatic N) is 2. The van der Waals surface area contributed by atoms with Crippen LogP contribution in [0.4, 0.5) is 0 Å². The Bertz CT molecular complexity index is 385.